The molecule has 1 N–H and O–H groups in total. The van der Waals surface area contributed by atoms with Crippen LogP contribution in [0.25, 0.3) is 0 Å². The van der Waals surface area contributed by atoms with E-state index in [4.69, 9.17) is 9.72 Å². The minimum Gasteiger partial charge on any atom is -0.491 e. The van der Waals surface area contributed by atoms with E-state index in [1.165, 1.54) is 5.56 Å². The largest absolute Gasteiger partial charge is 0.491 e. The monoisotopic (exact) mass is 303 g/mol. The van der Waals surface area contributed by atoms with E-state index in [1.807, 2.05) is 12.1 Å². The van der Waals surface area contributed by atoms with E-state index in [0.29, 0.717) is 6.61 Å². The molecule has 0 saturated carbocycles. The highest BCUT2D eigenvalue weighted by atomic mass is 32.1. The molecule has 4 nitrogen and oxygen atoms in total. The molecule has 112 valence electrons. The third-order valence-electron chi connectivity index (χ3n) is 3.50. The number of nitrogens with zero attached hydrogens (tertiary/aromatic N) is 2. The van der Waals surface area contributed by atoms with Crippen molar-refractivity contribution >= 4 is 16.5 Å². The average molecular weight is 303 g/mol. The van der Waals surface area contributed by atoms with E-state index in [2.05, 4.69) is 34.7 Å². The van der Waals surface area contributed by atoms with Gasteiger partial charge in [-0.25, -0.2) is 4.98 Å². The van der Waals surface area contributed by atoms with Crippen LogP contribution in [0.3, 0.4) is 0 Å². The third-order valence-corrected chi connectivity index (χ3v) is 4.45. The molecule has 2 heterocycles. The van der Waals surface area contributed by atoms with Crippen LogP contribution in [0.5, 0.6) is 5.75 Å². The van der Waals surface area contributed by atoms with Gasteiger partial charge < -0.3 is 15.0 Å². The Balaban J connectivity index is 1.69. The minimum absolute atomic E-state index is 0.708. The summed E-state index contributed by atoms with van der Waals surface area (Å²) in [5.74, 6) is 1.00. The van der Waals surface area contributed by atoms with Crippen LogP contribution >= 0.6 is 11.3 Å². The van der Waals surface area contributed by atoms with E-state index in [1.54, 1.807) is 11.3 Å². The lowest BCUT2D eigenvalue weighted by atomic mass is 10.2. The summed E-state index contributed by atoms with van der Waals surface area (Å²) in [5.41, 5.74) is 2.36. The fourth-order valence-electron chi connectivity index (χ4n) is 2.40. The molecule has 0 fully saturated rings. The van der Waals surface area contributed by atoms with Gasteiger partial charge in [-0.15, -0.1) is 11.3 Å². The van der Waals surface area contributed by atoms with Gasteiger partial charge in [0.1, 0.15) is 12.4 Å². The number of ether oxygens (including phenoxy) is 1. The second-order valence-electron chi connectivity index (χ2n) is 5.18. The Labute approximate surface area is 129 Å². The van der Waals surface area contributed by atoms with Gasteiger partial charge in [-0.05, 0) is 19.0 Å². The molecule has 0 atom stereocenters. The highest BCUT2D eigenvalue weighted by Gasteiger charge is 2.17. The van der Waals surface area contributed by atoms with Crippen molar-refractivity contribution in [2.24, 2.45) is 0 Å². The van der Waals surface area contributed by atoms with Crippen LogP contribution in [0.15, 0.2) is 29.6 Å². The van der Waals surface area contributed by atoms with Gasteiger partial charge in [0.2, 0.25) is 0 Å². The standard InChI is InChI=1S/C16H21N3OS/c1-2-7-17-10-14-12-21-16(18-14)19-8-9-20-15-6-4-3-5-13(15)11-19/h3-6,12,17H,2,7-11H2,1H3. The SMILES string of the molecule is CCCNCc1csc(N2CCOc3ccccc3C2)n1. The molecule has 0 spiro atoms. The van der Waals surface area contributed by atoms with Crippen molar-refractivity contribution < 1.29 is 4.74 Å². The summed E-state index contributed by atoms with van der Waals surface area (Å²) in [6, 6.07) is 8.26. The van der Waals surface area contributed by atoms with Crippen molar-refractivity contribution in [1.29, 1.82) is 0 Å². The molecule has 1 aliphatic rings. The Morgan fingerprint density at radius 3 is 3.19 bits per heavy atom. The summed E-state index contributed by atoms with van der Waals surface area (Å²) in [4.78, 5) is 7.05. The number of benzene rings is 1. The smallest absolute Gasteiger partial charge is 0.185 e. The number of rotatable bonds is 5. The first-order valence-electron chi connectivity index (χ1n) is 7.47. The van der Waals surface area contributed by atoms with Crippen LogP contribution in [0.4, 0.5) is 5.13 Å². The zero-order chi connectivity index (χ0) is 14.5. The summed E-state index contributed by atoms with van der Waals surface area (Å²) in [6.07, 6.45) is 1.15. The van der Waals surface area contributed by atoms with Crippen LogP contribution in [0.2, 0.25) is 0 Å². The highest BCUT2D eigenvalue weighted by molar-refractivity contribution is 7.13. The van der Waals surface area contributed by atoms with Gasteiger partial charge in [0.15, 0.2) is 5.13 Å². The molecule has 3 rings (SSSR count). The van der Waals surface area contributed by atoms with Crippen molar-refractivity contribution in [3.8, 4) is 5.75 Å². The van der Waals surface area contributed by atoms with Crippen LogP contribution in [0, 0.1) is 0 Å². The number of aromatic nitrogens is 1. The number of thiazole rings is 1. The minimum atomic E-state index is 0.708. The third kappa shape index (κ3) is 3.54. The summed E-state index contributed by atoms with van der Waals surface area (Å²) in [6.45, 7) is 6.52. The van der Waals surface area contributed by atoms with Gasteiger partial charge in [-0.1, -0.05) is 25.1 Å². The Morgan fingerprint density at radius 2 is 2.29 bits per heavy atom. The van der Waals surface area contributed by atoms with Crippen LogP contribution in [-0.2, 0) is 13.1 Å². The topological polar surface area (TPSA) is 37.4 Å². The Bertz CT molecular complexity index is 584. The van der Waals surface area contributed by atoms with Gasteiger partial charge in [0, 0.05) is 24.0 Å². The Morgan fingerprint density at radius 1 is 1.38 bits per heavy atom. The maximum absolute atomic E-state index is 5.81. The van der Waals surface area contributed by atoms with Crippen molar-refractivity contribution in [3.05, 3.63) is 40.9 Å². The molecule has 1 aliphatic heterocycles. The van der Waals surface area contributed by atoms with Gasteiger partial charge >= 0.3 is 0 Å². The predicted molar refractivity (Wildman–Crippen MR) is 87.1 cm³/mol. The molecule has 0 aliphatic carbocycles. The number of para-hydroxylation sites is 1. The number of hydrogen-bond donors (Lipinski definition) is 1. The summed E-state index contributed by atoms with van der Waals surface area (Å²) < 4.78 is 5.81. The number of nitrogens with one attached hydrogen (secondary N) is 1. The van der Waals surface area contributed by atoms with Gasteiger partial charge in [0.05, 0.1) is 12.2 Å². The number of hydrogen-bond acceptors (Lipinski definition) is 5. The normalized spacial score (nSPS) is 14.4. The first-order chi connectivity index (χ1) is 10.4. The second kappa shape index (κ2) is 6.91. The lowest BCUT2D eigenvalue weighted by Gasteiger charge is -2.18. The lowest BCUT2D eigenvalue weighted by molar-refractivity contribution is 0.331. The number of anilines is 1. The van der Waals surface area contributed by atoms with Crippen LogP contribution in [-0.4, -0.2) is 24.7 Å². The van der Waals surface area contributed by atoms with Gasteiger partial charge in [-0.2, -0.15) is 0 Å². The Kier molecular flexibility index (Phi) is 4.72. The van der Waals surface area contributed by atoms with Crippen molar-refractivity contribution in [2.75, 3.05) is 24.6 Å². The molecule has 0 saturated heterocycles. The molecule has 2 aromatic rings. The van der Waals surface area contributed by atoms with Gasteiger partial charge in [-0.3, -0.25) is 0 Å². The molecule has 1 aromatic carbocycles. The predicted octanol–water partition coefficient (Wildman–Crippen LogP) is 3.04. The first kappa shape index (κ1) is 14.4. The molecule has 0 bridgehead atoms. The molecular formula is C16H21N3OS. The molecular weight excluding hydrogens is 282 g/mol. The molecule has 0 unspecified atom stereocenters. The number of fused-ring (bicyclic) bond motifs is 1. The highest BCUT2D eigenvalue weighted by Crippen LogP contribution is 2.28. The summed E-state index contributed by atoms with van der Waals surface area (Å²) in [5, 5.41) is 6.63. The molecule has 0 radical (unpaired) electrons. The lowest BCUT2D eigenvalue weighted by Crippen LogP contribution is -2.25. The van der Waals surface area contributed by atoms with Crippen LogP contribution < -0.4 is 15.0 Å². The van der Waals surface area contributed by atoms with Crippen molar-refractivity contribution in [2.45, 2.75) is 26.4 Å². The maximum atomic E-state index is 5.81. The molecule has 1 aromatic heterocycles. The van der Waals surface area contributed by atoms with Gasteiger partial charge in [0.25, 0.3) is 0 Å². The summed E-state index contributed by atoms with van der Waals surface area (Å²) in [7, 11) is 0. The van der Waals surface area contributed by atoms with E-state index < -0.39 is 0 Å². The average Bonchev–Trinajstić information content (AvgIpc) is 2.86. The van der Waals surface area contributed by atoms with E-state index in [-0.39, 0.29) is 0 Å². The van der Waals surface area contributed by atoms with E-state index >= 15 is 0 Å². The molecule has 21 heavy (non-hydrogen) atoms. The maximum Gasteiger partial charge on any atom is 0.185 e. The van der Waals surface area contributed by atoms with E-state index in [0.717, 1.165) is 49.2 Å². The fourth-order valence-corrected chi connectivity index (χ4v) is 3.26. The zero-order valence-electron chi connectivity index (χ0n) is 12.3. The Hall–Kier alpha value is -1.59. The van der Waals surface area contributed by atoms with E-state index in [9.17, 15) is 0 Å². The fraction of sp³-hybridized carbons (Fsp3) is 0.438. The van der Waals surface area contributed by atoms with Crippen molar-refractivity contribution in [3.63, 3.8) is 0 Å². The zero-order valence-corrected chi connectivity index (χ0v) is 13.2. The van der Waals surface area contributed by atoms with Crippen LogP contribution in [0.1, 0.15) is 24.6 Å². The first-order valence-corrected chi connectivity index (χ1v) is 8.35. The quantitative estimate of drug-likeness (QED) is 0.862. The van der Waals surface area contributed by atoms with Crippen molar-refractivity contribution in [1.82, 2.24) is 10.3 Å². The molecule has 0 amide bonds. The second-order valence-corrected chi connectivity index (χ2v) is 6.01. The molecule has 5 heteroatoms. The summed E-state index contributed by atoms with van der Waals surface area (Å²) >= 11 is 1.72.